The molecule has 0 aliphatic rings. The van der Waals surface area contributed by atoms with Crippen LogP contribution in [0.4, 0.5) is 0 Å². The van der Waals surface area contributed by atoms with Crippen molar-refractivity contribution in [3.05, 3.63) is 35.9 Å². The van der Waals surface area contributed by atoms with E-state index in [4.69, 9.17) is 5.11 Å². The zero-order valence-electron chi connectivity index (χ0n) is 10.0. The SMILES string of the molecule is C[C@@H](CCC(=O)O)[C@@H](C)Cc1ccccc1. The second-order valence-corrected chi connectivity index (χ2v) is 4.58. The predicted octanol–water partition coefficient (Wildman–Crippen LogP) is 3.37. The highest BCUT2D eigenvalue weighted by Gasteiger charge is 2.13. The number of hydrogen-bond acceptors (Lipinski definition) is 1. The molecule has 0 bridgehead atoms. The Kier molecular flexibility index (Phi) is 5.03. The molecule has 0 fully saturated rings. The maximum atomic E-state index is 10.5. The number of aliphatic carboxylic acids is 1. The Morgan fingerprint density at radius 3 is 2.38 bits per heavy atom. The van der Waals surface area contributed by atoms with Gasteiger partial charge in [0.1, 0.15) is 0 Å². The van der Waals surface area contributed by atoms with Gasteiger partial charge in [0.25, 0.3) is 0 Å². The van der Waals surface area contributed by atoms with Gasteiger partial charge < -0.3 is 5.11 Å². The lowest BCUT2D eigenvalue weighted by molar-refractivity contribution is -0.137. The largest absolute Gasteiger partial charge is 0.481 e. The standard InChI is InChI=1S/C14H20O2/c1-11(8-9-14(15)16)12(2)10-13-6-4-3-5-7-13/h3-7,11-12H,8-10H2,1-2H3,(H,15,16)/t11-,12-/m0/s1. The zero-order chi connectivity index (χ0) is 12.0. The zero-order valence-corrected chi connectivity index (χ0v) is 10.0. The van der Waals surface area contributed by atoms with Crippen LogP contribution in [0.25, 0.3) is 0 Å². The van der Waals surface area contributed by atoms with Crippen LogP contribution >= 0.6 is 0 Å². The summed E-state index contributed by atoms with van der Waals surface area (Å²) < 4.78 is 0. The molecule has 2 atom stereocenters. The van der Waals surface area contributed by atoms with E-state index >= 15 is 0 Å². The lowest BCUT2D eigenvalue weighted by atomic mass is 9.87. The summed E-state index contributed by atoms with van der Waals surface area (Å²) in [6, 6.07) is 10.4. The van der Waals surface area contributed by atoms with E-state index < -0.39 is 5.97 Å². The van der Waals surface area contributed by atoms with Crippen molar-refractivity contribution in [3.8, 4) is 0 Å². The van der Waals surface area contributed by atoms with Gasteiger partial charge in [-0.1, -0.05) is 44.2 Å². The van der Waals surface area contributed by atoms with E-state index in [0.717, 1.165) is 12.8 Å². The fourth-order valence-electron chi connectivity index (χ4n) is 1.82. The van der Waals surface area contributed by atoms with Crippen molar-refractivity contribution in [2.75, 3.05) is 0 Å². The molecule has 0 aromatic heterocycles. The topological polar surface area (TPSA) is 37.3 Å². The van der Waals surface area contributed by atoms with Gasteiger partial charge in [-0.3, -0.25) is 4.79 Å². The number of carboxylic acids is 1. The average molecular weight is 220 g/mol. The van der Waals surface area contributed by atoms with Crippen LogP contribution in [-0.4, -0.2) is 11.1 Å². The van der Waals surface area contributed by atoms with E-state index in [1.807, 2.05) is 18.2 Å². The molecule has 0 spiro atoms. The van der Waals surface area contributed by atoms with Crippen molar-refractivity contribution < 1.29 is 9.90 Å². The second-order valence-electron chi connectivity index (χ2n) is 4.58. The molecule has 0 saturated carbocycles. The van der Waals surface area contributed by atoms with Gasteiger partial charge in [-0.2, -0.15) is 0 Å². The van der Waals surface area contributed by atoms with Gasteiger partial charge in [0.15, 0.2) is 0 Å². The molecule has 0 amide bonds. The van der Waals surface area contributed by atoms with Gasteiger partial charge >= 0.3 is 5.97 Å². The summed E-state index contributed by atoms with van der Waals surface area (Å²) in [5.41, 5.74) is 1.33. The first-order chi connectivity index (χ1) is 7.59. The highest BCUT2D eigenvalue weighted by Crippen LogP contribution is 2.21. The smallest absolute Gasteiger partial charge is 0.303 e. The molecule has 1 aromatic carbocycles. The third-order valence-electron chi connectivity index (χ3n) is 3.19. The Morgan fingerprint density at radius 1 is 1.19 bits per heavy atom. The van der Waals surface area contributed by atoms with Crippen LogP contribution in [0.15, 0.2) is 30.3 Å². The fraction of sp³-hybridized carbons (Fsp3) is 0.500. The van der Waals surface area contributed by atoms with Crippen molar-refractivity contribution in [3.63, 3.8) is 0 Å². The molecule has 1 rings (SSSR count). The third kappa shape index (κ3) is 4.47. The molecule has 0 heterocycles. The molecule has 88 valence electrons. The minimum Gasteiger partial charge on any atom is -0.481 e. The molecule has 0 aliphatic carbocycles. The predicted molar refractivity (Wildman–Crippen MR) is 65.3 cm³/mol. The molecule has 2 nitrogen and oxygen atoms in total. The Hall–Kier alpha value is -1.31. The summed E-state index contributed by atoms with van der Waals surface area (Å²) in [5.74, 6) is 0.289. The Bertz CT molecular complexity index is 319. The van der Waals surface area contributed by atoms with Crippen LogP contribution in [0.2, 0.25) is 0 Å². The van der Waals surface area contributed by atoms with Crippen molar-refractivity contribution >= 4 is 5.97 Å². The number of carboxylic acid groups (broad SMARTS) is 1. The van der Waals surface area contributed by atoms with Gasteiger partial charge in [0.05, 0.1) is 0 Å². The van der Waals surface area contributed by atoms with Crippen LogP contribution in [0.1, 0.15) is 32.3 Å². The van der Waals surface area contributed by atoms with E-state index in [9.17, 15) is 4.79 Å². The van der Waals surface area contributed by atoms with Crippen LogP contribution in [0.5, 0.6) is 0 Å². The highest BCUT2D eigenvalue weighted by atomic mass is 16.4. The monoisotopic (exact) mass is 220 g/mol. The molecule has 0 radical (unpaired) electrons. The first-order valence-electron chi connectivity index (χ1n) is 5.85. The summed E-state index contributed by atoms with van der Waals surface area (Å²) in [6.45, 7) is 4.33. The lowest BCUT2D eigenvalue weighted by Gasteiger charge is -2.19. The van der Waals surface area contributed by atoms with Crippen LogP contribution in [-0.2, 0) is 11.2 Å². The van der Waals surface area contributed by atoms with Gasteiger partial charge in [-0.05, 0) is 30.2 Å². The molecule has 2 heteroatoms. The van der Waals surface area contributed by atoms with Crippen LogP contribution < -0.4 is 0 Å². The first kappa shape index (κ1) is 12.8. The van der Waals surface area contributed by atoms with E-state index in [-0.39, 0.29) is 6.42 Å². The molecule has 16 heavy (non-hydrogen) atoms. The number of carbonyl (C=O) groups is 1. The second kappa shape index (κ2) is 6.31. The molecular weight excluding hydrogens is 200 g/mol. The van der Waals surface area contributed by atoms with Crippen molar-refractivity contribution in [2.24, 2.45) is 11.8 Å². The van der Waals surface area contributed by atoms with Gasteiger partial charge in [0, 0.05) is 6.42 Å². The molecule has 0 unspecified atom stereocenters. The van der Waals surface area contributed by atoms with Crippen molar-refractivity contribution in [1.29, 1.82) is 0 Å². The highest BCUT2D eigenvalue weighted by molar-refractivity contribution is 5.66. The number of benzene rings is 1. The summed E-state index contributed by atoms with van der Waals surface area (Å²) in [6.07, 6.45) is 2.07. The summed E-state index contributed by atoms with van der Waals surface area (Å²) in [4.78, 5) is 10.5. The van der Waals surface area contributed by atoms with Gasteiger partial charge in [-0.25, -0.2) is 0 Å². The first-order valence-corrected chi connectivity index (χ1v) is 5.85. The minimum absolute atomic E-state index is 0.278. The summed E-state index contributed by atoms with van der Waals surface area (Å²) in [5, 5.41) is 8.63. The minimum atomic E-state index is -0.696. The maximum absolute atomic E-state index is 10.5. The van der Waals surface area contributed by atoms with Crippen molar-refractivity contribution in [2.45, 2.75) is 33.1 Å². The summed E-state index contributed by atoms with van der Waals surface area (Å²) >= 11 is 0. The maximum Gasteiger partial charge on any atom is 0.303 e. The van der Waals surface area contributed by atoms with E-state index in [0.29, 0.717) is 11.8 Å². The quantitative estimate of drug-likeness (QED) is 0.798. The third-order valence-corrected chi connectivity index (χ3v) is 3.19. The number of hydrogen-bond donors (Lipinski definition) is 1. The lowest BCUT2D eigenvalue weighted by Crippen LogP contribution is -2.12. The molecule has 0 saturated heterocycles. The van der Waals surface area contributed by atoms with Gasteiger partial charge in [-0.15, -0.1) is 0 Å². The van der Waals surface area contributed by atoms with E-state index in [1.54, 1.807) is 0 Å². The Morgan fingerprint density at radius 2 is 1.81 bits per heavy atom. The van der Waals surface area contributed by atoms with E-state index in [2.05, 4.69) is 26.0 Å². The molecule has 1 N–H and O–H groups in total. The van der Waals surface area contributed by atoms with Crippen LogP contribution in [0.3, 0.4) is 0 Å². The number of rotatable bonds is 6. The van der Waals surface area contributed by atoms with Crippen molar-refractivity contribution in [1.82, 2.24) is 0 Å². The van der Waals surface area contributed by atoms with Crippen LogP contribution in [0, 0.1) is 11.8 Å². The Balaban J connectivity index is 2.39. The fourth-order valence-corrected chi connectivity index (χ4v) is 1.82. The molecule has 0 aliphatic heterocycles. The Labute approximate surface area is 97.3 Å². The van der Waals surface area contributed by atoms with Gasteiger partial charge in [0.2, 0.25) is 0 Å². The molecular formula is C14H20O2. The normalized spacial score (nSPS) is 14.4. The average Bonchev–Trinajstić information content (AvgIpc) is 2.27. The molecule has 1 aromatic rings. The summed E-state index contributed by atoms with van der Waals surface area (Å²) in [7, 11) is 0. The van der Waals surface area contributed by atoms with E-state index in [1.165, 1.54) is 5.56 Å².